The van der Waals surface area contributed by atoms with Gasteiger partial charge in [-0.1, -0.05) is 102 Å². The van der Waals surface area contributed by atoms with Gasteiger partial charge in [0.1, 0.15) is 26.2 Å². The Labute approximate surface area is 353 Å². The van der Waals surface area contributed by atoms with Crippen LogP contribution in [0, 0.1) is 0 Å². The van der Waals surface area contributed by atoms with Crippen molar-refractivity contribution < 1.29 is 62.0 Å². The predicted octanol–water partition coefficient (Wildman–Crippen LogP) is 3.40. The number of fused-ring (bicyclic) bond motifs is 12. The summed E-state index contributed by atoms with van der Waals surface area (Å²) < 4.78 is 35.2. The van der Waals surface area contributed by atoms with Crippen LogP contribution in [0.5, 0.6) is 23.0 Å². The molecule has 0 fully saturated rings. The largest absolute Gasteiger partial charge is 1.00 e. The van der Waals surface area contributed by atoms with Crippen molar-refractivity contribution in [3.8, 4) is 23.0 Å². The zero-order valence-electron chi connectivity index (χ0n) is 33.6. The van der Waals surface area contributed by atoms with Gasteiger partial charge in [-0.15, -0.1) is 0 Å². The van der Waals surface area contributed by atoms with Crippen molar-refractivity contribution in [2.75, 3.05) is 26.4 Å². The van der Waals surface area contributed by atoms with Crippen LogP contribution in [0.3, 0.4) is 0 Å². The van der Waals surface area contributed by atoms with Crippen LogP contribution in [-0.2, 0) is 26.2 Å². The molecule has 300 valence electrons. The van der Waals surface area contributed by atoms with E-state index in [9.17, 15) is 0 Å². The van der Waals surface area contributed by atoms with Crippen molar-refractivity contribution in [1.82, 2.24) is 9.13 Å². The van der Waals surface area contributed by atoms with E-state index in [1.54, 1.807) is 0 Å². The Hall–Kier alpha value is -4.02. The lowest BCUT2D eigenvalue weighted by Gasteiger charge is -2.13. The van der Waals surface area contributed by atoms with Crippen molar-refractivity contribution in [3.05, 3.63) is 108 Å². The van der Waals surface area contributed by atoms with E-state index in [1.165, 1.54) is 22.3 Å². The third kappa shape index (κ3) is 9.91. The average molecular weight is 891 g/mol. The number of imidazole rings is 2. The summed E-state index contributed by atoms with van der Waals surface area (Å²) in [5.74, 6) is 3.29. The number of halogens is 2. The van der Waals surface area contributed by atoms with Crippen molar-refractivity contribution in [1.29, 1.82) is 0 Å². The molecule has 0 amide bonds. The molecule has 2 aromatic heterocycles. The molecule has 0 saturated carbocycles. The standard InChI is InChI=1S/C46H58N4O4.2BrH/c1-5-9-21-51-43-25-39-40(26-44(43)52-22-10-6-2)48-30-36-18-15-16-20-38(36)32-50-34-49(31-37-19-14-13-17-35(37)29-47(39)33-48)41-27-45(53-23-11-7-3)46(28-42(41)50)54-24-12-8-4;;/h13-20,25-28,33-34H,5-12,21-24,29-32H2,1-4H3;2*1H/q+2;;/p-2. The quantitative estimate of drug-likeness (QED) is 0.111. The maximum absolute atomic E-state index is 6.42. The van der Waals surface area contributed by atoms with Gasteiger partial charge in [-0.05, 0) is 25.7 Å². The summed E-state index contributed by atoms with van der Waals surface area (Å²) >= 11 is 0. The summed E-state index contributed by atoms with van der Waals surface area (Å²) in [5, 5.41) is 0. The molecular weight excluding hydrogens is 832 g/mol. The number of hydrogen-bond acceptors (Lipinski definition) is 4. The van der Waals surface area contributed by atoms with Gasteiger partial charge in [0.15, 0.2) is 45.1 Å². The maximum Gasteiger partial charge on any atom is 0.245 e. The Bertz CT molecular complexity index is 1880. The molecule has 0 N–H and O–H groups in total. The van der Waals surface area contributed by atoms with Crippen LogP contribution >= 0.6 is 0 Å². The Morgan fingerprint density at radius 3 is 1.12 bits per heavy atom. The van der Waals surface area contributed by atoms with E-state index in [2.05, 4.69) is 131 Å². The van der Waals surface area contributed by atoms with Gasteiger partial charge in [-0.2, -0.15) is 0 Å². The van der Waals surface area contributed by atoms with Crippen LogP contribution in [0.4, 0.5) is 0 Å². The van der Waals surface area contributed by atoms with Crippen molar-refractivity contribution >= 4 is 22.1 Å². The Morgan fingerprint density at radius 2 is 0.786 bits per heavy atom. The summed E-state index contributed by atoms with van der Waals surface area (Å²) in [6, 6.07) is 26.5. The van der Waals surface area contributed by atoms with Crippen LogP contribution in [0.15, 0.2) is 85.5 Å². The second-order valence-electron chi connectivity index (χ2n) is 14.7. The first-order valence-corrected chi connectivity index (χ1v) is 20.4. The number of ether oxygens (including phenoxy) is 4. The first-order chi connectivity index (χ1) is 26.6. The molecule has 0 saturated heterocycles. The molecule has 4 aromatic carbocycles. The lowest BCUT2D eigenvalue weighted by molar-refractivity contribution is -0.664. The first-order valence-electron chi connectivity index (χ1n) is 20.4. The molecule has 4 bridgehead atoms. The predicted molar refractivity (Wildman–Crippen MR) is 215 cm³/mol. The molecule has 6 aromatic rings. The minimum atomic E-state index is 0. The second kappa shape index (κ2) is 20.9. The number of hydrogen-bond donors (Lipinski definition) is 0. The third-order valence-electron chi connectivity index (χ3n) is 10.5. The van der Waals surface area contributed by atoms with Gasteiger partial charge in [0.2, 0.25) is 12.7 Å². The van der Waals surface area contributed by atoms with E-state index in [1.807, 2.05) is 0 Å². The average Bonchev–Trinajstić information content (AvgIpc) is 3.68. The molecule has 0 radical (unpaired) electrons. The second-order valence-corrected chi connectivity index (χ2v) is 14.7. The monoisotopic (exact) mass is 888 g/mol. The highest BCUT2D eigenvalue weighted by Gasteiger charge is 2.26. The SMILES string of the molecule is CCCCOc1cc2c(cc1OCCCC)[n+]1cn2Cc2ccccc2C[n+]2cn(c3cc(OCCCC)c(OCCCC)cc32)Cc2ccccc2C1.[Br-].[Br-]. The van der Waals surface area contributed by atoms with Gasteiger partial charge < -0.3 is 52.9 Å². The van der Waals surface area contributed by atoms with Crippen molar-refractivity contribution in [3.63, 3.8) is 0 Å². The molecule has 8 nitrogen and oxygen atoms in total. The van der Waals surface area contributed by atoms with Crippen LogP contribution in [0.2, 0.25) is 0 Å². The smallest absolute Gasteiger partial charge is 0.245 e. The summed E-state index contributed by atoms with van der Waals surface area (Å²) in [4.78, 5) is 0. The Balaban J connectivity index is 0.00000300. The van der Waals surface area contributed by atoms with Crippen molar-refractivity contribution in [2.45, 2.75) is 105 Å². The fourth-order valence-electron chi connectivity index (χ4n) is 7.31. The number of unbranched alkanes of at least 4 members (excludes halogenated alkanes) is 4. The highest BCUT2D eigenvalue weighted by atomic mass is 79.9. The molecule has 56 heavy (non-hydrogen) atoms. The van der Waals surface area contributed by atoms with Gasteiger partial charge in [-0.25, -0.2) is 18.3 Å². The number of benzene rings is 4. The van der Waals surface area contributed by atoms with E-state index < -0.39 is 0 Å². The molecule has 0 atom stereocenters. The minimum Gasteiger partial charge on any atom is -1.00 e. The minimum absolute atomic E-state index is 0. The van der Waals surface area contributed by atoms with E-state index in [0.29, 0.717) is 26.4 Å². The Kier molecular flexibility index (Phi) is 16.1. The van der Waals surface area contributed by atoms with Gasteiger partial charge in [0.25, 0.3) is 0 Å². The van der Waals surface area contributed by atoms with Crippen molar-refractivity contribution in [2.24, 2.45) is 0 Å². The first kappa shape index (κ1) is 43.1. The lowest BCUT2D eigenvalue weighted by atomic mass is 10.1. The number of aromatic nitrogens is 4. The third-order valence-corrected chi connectivity index (χ3v) is 10.5. The zero-order chi connectivity index (χ0) is 37.3. The van der Waals surface area contributed by atoms with Gasteiger partial charge >= 0.3 is 0 Å². The summed E-state index contributed by atoms with van der Waals surface area (Å²) in [5.41, 5.74) is 9.67. The normalized spacial score (nSPS) is 12.2. The van der Waals surface area contributed by atoms with E-state index in [4.69, 9.17) is 18.9 Å². The summed E-state index contributed by atoms with van der Waals surface area (Å²) in [6.45, 7) is 14.4. The number of nitrogens with zero attached hydrogens (tertiary/aromatic N) is 4. The molecule has 3 heterocycles. The van der Waals surface area contributed by atoms with Gasteiger partial charge in [0, 0.05) is 46.5 Å². The van der Waals surface area contributed by atoms with Crippen LogP contribution < -0.4 is 62.0 Å². The number of rotatable bonds is 16. The van der Waals surface area contributed by atoms with Gasteiger partial charge in [0.05, 0.1) is 26.4 Å². The van der Waals surface area contributed by atoms with Gasteiger partial charge in [-0.3, -0.25) is 0 Å². The van der Waals surface area contributed by atoms with E-state index >= 15 is 0 Å². The topological polar surface area (TPSA) is 54.5 Å². The molecular formula is C46H58Br2N4O4. The lowest BCUT2D eigenvalue weighted by Crippen LogP contribution is -3.00. The highest BCUT2D eigenvalue weighted by Crippen LogP contribution is 2.35. The summed E-state index contributed by atoms with van der Waals surface area (Å²) in [6.07, 6.45) is 12.9. The molecule has 0 aliphatic carbocycles. The van der Waals surface area contributed by atoms with E-state index in [0.717, 1.165) is 123 Å². The summed E-state index contributed by atoms with van der Waals surface area (Å²) in [7, 11) is 0. The van der Waals surface area contributed by atoms with E-state index in [-0.39, 0.29) is 34.0 Å². The maximum atomic E-state index is 6.42. The van der Waals surface area contributed by atoms with Crippen LogP contribution in [0.25, 0.3) is 22.1 Å². The highest BCUT2D eigenvalue weighted by molar-refractivity contribution is 5.78. The molecule has 1 aliphatic heterocycles. The molecule has 0 unspecified atom stereocenters. The molecule has 1 aliphatic rings. The fourth-order valence-corrected chi connectivity index (χ4v) is 7.31. The van der Waals surface area contributed by atoms with Crippen LogP contribution in [-0.4, -0.2) is 35.6 Å². The van der Waals surface area contributed by atoms with Crippen LogP contribution in [0.1, 0.15) is 101 Å². The molecule has 7 rings (SSSR count). The molecule has 10 heteroatoms. The fraction of sp³-hybridized carbons (Fsp3) is 0.435. The zero-order valence-corrected chi connectivity index (χ0v) is 36.7. The molecule has 0 spiro atoms. The Morgan fingerprint density at radius 1 is 0.464 bits per heavy atom.